The summed E-state index contributed by atoms with van der Waals surface area (Å²) in [5, 5.41) is 0. The van der Waals surface area contributed by atoms with Crippen molar-refractivity contribution in [2.45, 2.75) is 25.9 Å². The summed E-state index contributed by atoms with van der Waals surface area (Å²) < 4.78 is 0. The topological polar surface area (TPSA) is 53.5 Å². The van der Waals surface area contributed by atoms with Crippen molar-refractivity contribution in [3.05, 3.63) is 66.0 Å². The van der Waals surface area contributed by atoms with E-state index in [1.54, 1.807) is 11.1 Å². The van der Waals surface area contributed by atoms with E-state index >= 15 is 0 Å². The van der Waals surface area contributed by atoms with E-state index in [4.69, 9.17) is 0 Å². The van der Waals surface area contributed by atoms with Crippen molar-refractivity contribution in [2.24, 2.45) is 0 Å². The second-order valence-corrected chi connectivity index (χ2v) is 5.84. The van der Waals surface area contributed by atoms with Gasteiger partial charge in [-0.15, -0.1) is 0 Å². The van der Waals surface area contributed by atoms with Crippen molar-refractivity contribution >= 4 is 11.9 Å². The van der Waals surface area contributed by atoms with E-state index in [1.807, 2.05) is 62.4 Å². The average Bonchev–Trinajstić information content (AvgIpc) is 2.86. The summed E-state index contributed by atoms with van der Waals surface area (Å²) in [6.07, 6.45) is 1.68. The number of aromatic nitrogens is 1. The van der Waals surface area contributed by atoms with Gasteiger partial charge in [-0.25, -0.2) is 9.69 Å². The molecule has 2 heterocycles. The summed E-state index contributed by atoms with van der Waals surface area (Å²) in [6.45, 7) is 3.94. The Balaban J connectivity index is 2.06. The fourth-order valence-corrected chi connectivity index (χ4v) is 2.82. The van der Waals surface area contributed by atoms with Crippen LogP contribution in [0.2, 0.25) is 0 Å². The molecule has 0 unspecified atom stereocenters. The van der Waals surface area contributed by atoms with Crippen LogP contribution in [-0.2, 0) is 4.79 Å². The maximum atomic E-state index is 12.7. The van der Waals surface area contributed by atoms with E-state index in [9.17, 15) is 9.59 Å². The van der Waals surface area contributed by atoms with Crippen LogP contribution in [0.4, 0.5) is 4.79 Å². The summed E-state index contributed by atoms with van der Waals surface area (Å²) in [5.74, 6) is -0.191. The highest BCUT2D eigenvalue weighted by Gasteiger charge is 2.43. The highest BCUT2D eigenvalue weighted by Crippen LogP contribution is 2.31. The van der Waals surface area contributed by atoms with E-state index in [1.165, 1.54) is 4.90 Å². The monoisotopic (exact) mass is 309 g/mol. The third-order valence-electron chi connectivity index (χ3n) is 3.99. The van der Waals surface area contributed by atoms with Crippen molar-refractivity contribution in [1.29, 1.82) is 0 Å². The quantitative estimate of drug-likeness (QED) is 0.816. The lowest BCUT2D eigenvalue weighted by Gasteiger charge is -2.27. The summed E-state index contributed by atoms with van der Waals surface area (Å²) in [4.78, 5) is 32.6. The Kier molecular flexibility index (Phi) is 4.10. The second-order valence-electron chi connectivity index (χ2n) is 5.84. The van der Waals surface area contributed by atoms with Crippen LogP contribution in [0.3, 0.4) is 0 Å². The van der Waals surface area contributed by atoms with Crippen molar-refractivity contribution in [2.75, 3.05) is 6.54 Å². The first-order valence-electron chi connectivity index (χ1n) is 7.68. The predicted octanol–water partition coefficient (Wildman–Crippen LogP) is 2.84. The molecule has 23 heavy (non-hydrogen) atoms. The fourth-order valence-electron chi connectivity index (χ4n) is 2.82. The number of hydrogen-bond donors (Lipinski definition) is 0. The van der Waals surface area contributed by atoms with Crippen molar-refractivity contribution < 1.29 is 9.59 Å². The van der Waals surface area contributed by atoms with Gasteiger partial charge in [0, 0.05) is 12.2 Å². The van der Waals surface area contributed by atoms with Gasteiger partial charge >= 0.3 is 6.03 Å². The van der Waals surface area contributed by atoms with Crippen LogP contribution >= 0.6 is 0 Å². The lowest BCUT2D eigenvalue weighted by molar-refractivity contribution is -0.126. The van der Waals surface area contributed by atoms with Gasteiger partial charge in [-0.1, -0.05) is 36.4 Å². The molecule has 1 fully saturated rings. The molecule has 1 saturated heterocycles. The molecule has 2 aromatic rings. The van der Waals surface area contributed by atoms with Gasteiger partial charge in [0.15, 0.2) is 0 Å². The van der Waals surface area contributed by atoms with Gasteiger partial charge in [-0.05, 0) is 31.5 Å². The standard InChI is InChI=1S/C18H19N3O2/c1-13(2)20-12-16(22)21(18(20)23)17(14-8-4-3-5-9-14)15-10-6-7-11-19-15/h3-11,13,17H,12H2,1-2H3/t17-/m0/s1. The SMILES string of the molecule is CC(C)N1CC(=O)N([C@@H](c2ccccc2)c2ccccn2)C1=O. The van der Waals surface area contributed by atoms with Crippen molar-refractivity contribution in [3.63, 3.8) is 0 Å². The summed E-state index contributed by atoms with van der Waals surface area (Å²) in [7, 11) is 0. The molecule has 1 aromatic heterocycles. The minimum atomic E-state index is -0.499. The molecule has 118 valence electrons. The van der Waals surface area contributed by atoms with Gasteiger partial charge in [-0.3, -0.25) is 9.78 Å². The molecular weight excluding hydrogens is 290 g/mol. The van der Waals surface area contributed by atoms with Crippen LogP contribution in [0.1, 0.15) is 31.1 Å². The molecule has 0 N–H and O–H groups in total. The van der Waals surface area contributed by atoms with E-state index in [0.29, 0.717) is 5.69 Å². The van der Waals surface area contributed by atoms with Crippen LogP contribution in [-0.4, -0.2) is 39.3 Å². The second kappa shape index (κ2) is 6.20. The highest BCUT2D eigenvalue weighted by atomic mass is 16.2. The van der Waals surface area contributed by atoms with Gasteiger partial charge < -0.3 is 4.90 Å². The zero-order valence-electron chi connectivity index (χ0n) is 13.2. The van der Waals surface area contributed by atoms with Crippen molar-refractivity contribution in [1.82, 2.24) is 14.8 Å². The first-order chi connectivity index (χ1) is 11.1. The van der Waals surface area contributed by atoms with E-state index in [-0.39, 0.29) is 24.5 Å². The third-order valence-corrected chi connectivity index (χ3v) is 3.99. The lowest BCUT2D eigenvalue weighted by Crippen LogP contribution is -2.39. The maximum absolute atomic E-state index is 12.7. The Bertz CT molecular complexity index is 661. The number of carbonyl (C=O) groups excluding carboxylic acids is 2. The van der Waals surface area contributed by atoms with Crippen LogP contribution in [0, 0.1) is 0 Å². The molecule has 0 radical (unpaired) electrons. The molecule has 0 aliphatic carbocycles. The number of amides is 3. The Morgan fingerprint density at radius 3 is 2.26 bits per heavy atom. The first-order valence-corrected chi connectivity index (χ1v) is 7.68. The number of pyridine rings is 1. The highest BCUT2D eigenvalue weighted by molar-refractivity contribution is 6.02. The molecule has 1 aliphatic heterocycles. The first kappa shape index (κ1) is 15.2. The maximum Gasteiger partial charge on any atom is 0.328 e. The molecule has 5 nitrogen and oxygen atoms in total. The van der Waals surface area contributed by atoms with E-state index in [0.717, 1.165) is 5.56 Å². The Morgan fingerprint density at radius 1 is 1.00 bits per heavy atom. The lowest BCUT2D eigenvalue weighted by atomic mass is 10.0. The molecule has 0 bridgehead atoms. The Morgan fingerprint density at radius 2 is 1.70 bits per heavy atom. The molecule has 0 saturated carbocycles. The van der Waals surface area contributed by atoms with Crippen molar-refractivity contribution in [3.8, 4) is 0 Å². The normalized spacial score (nSPS) is 16.3. The number of urea groups is 1. The zero-order valence-corrected chi connectivity index (χ0v) is 13.2. The predicted molar refractivity (Wildman–Crippen MR) is 86.6 cm³/mol. The summed E-state index contributed by atoms with van der Waals surface area (Å²) in [5.41, 5.74) is 1.56. The number of imide groups is 1. The van der Waals surface area contributed by atoms with Crippen LogP contribution in [0.15, 0.2) is 54.7 Å². The number of carbonyl (C=O) groups is 2. The Labute approximate surface area is 135 Å². The minimum Gasteiger partial charge on any atom is -0.313 e. The molecule has 5 heteroatoms. The molecule has 1 aromatic carbocycles. The largest absolute Gasteiger partial charge is 0.328 e. The fraction of sp³-hybridized carbons (Fsp3) is 0.278. The van der Waals surface area contributed by atoms with Crippen LogP contribution in [0.25, 0.3) is 0 Å². The van der Waals surface area contributed by atoms with Gasteiger partial charge in [0.2, 0.25) is 0 Å². The van der Waals surface area contributed by atoms with E-state index < -0.39 is 6.04 Å². The molecule has 0 spiro atoms. The molecule has 1 aliphatic rings. The number of hydrogen-bond acceptors (Lipinski definition) is 3. The van der Waals surface area contributed by atoms with Gasteiger partial charge in [-0.2, -0.15) is 0 Å². The Hall–Kier alpha value is -2.69. The van der Waals surface area contributed by atoms with Crippen LogP contribution in [0.5, 0.6) is 0 Å². The summed E-state index contributed by atoms with van der Waals surface area (Å²) >= 11 is 0. The van der Waals surface area contributed by atoms with E-state index in [2.05, 4.69) is 4.98 Å². The molecule has 3 amide bonds. The number of nitrogens with zero attached hydrogens (tertiary/aromatic N) is 3. The average molecular weight is 309 g/mol. The van der Waals surface area contributed by atoms with Gasteiger partial charge in [0.1, 0.15) is 12.6 Å². The number of rotatable bonds is 4. The smallest absolute Gasteiger partial charge is 0.313 e. The minimum absolute atomic E-state index is 0.0170. The van der Waals surface area contributed by atoms with Crippen LogP contribution < -0.4 is 0 Å². The third kappa shape index (κ3) is 2.82. The molecular formula is C18H19N3O2. The molecule has 1 atom stereocenters. The number of benzene rings is 1. The van der Waals surface area contributed by atoms with Gasteiger partial charge in [0.25, 0.3) is 5.91 Å². The summed E-state index contributed by atoms with van der Waals surface area (Å²) in [6, 6.07) is 14.3. The molecule has 3 rings (SSSR count). The van der Waals surface area contributed by atoms with Gasteiger partial charge in [0.05, 0.1) is 5.69 Å². The zero-order chi connectivity index (χ0) is 16.4.